The standard InChI is InChI=1S/C17H17N3S/c1-2-5-13(6-3-1)11-20-16(14-8-10-21-12-14)19-15-7-4-9-18-17(15)20/h1-7,9,14H,8,10-12H2. The lowest BCUT2D eigenvalue weighted by Crippen LogP contribution is -2.10. The molecule has 4 heteroatoms. The van der Waals surface area contributed by atoms with Crippen molar-refractivity contribution in [2.24, 2.45) is 0 Å². The van der Waals surface area contributed by atoms with Crippen molar-refractivity contribution >= 4 is 22.9 Å². The number of benzene rings is 1. The predicted octanol–water partition coefficient (Wildman–Crippen LogP) is 3.70. The molecule has 1 aromatic carbocycles. The number of imidazole rings is 1. The van der Waals surface area contributed by atoms with Crippen LogP contribution < -0.4 is 0 Å². The molecule has 3 aromatic rings. The van der Waals surface area contributed by atoms with E-state index >= 15 is 0 Å². The molecule has 0 radical (unpaired) electrons. The van der Waals surface area contributed by atoms with E-state index in [1.165, 1.54) is 29.3 Å². The van der Waals surface area contributed by atoms with E-state index in [4.69, 9.17) is 4.98 Å². The number of aromatic nitrogens is 3. The van der Waals surface area contributed by atoms with Crippen LogP contribution in [0.5, 0.6) is 0 Å². The second-order valence-electron chi connectivity index (χ2n) is 5.45. The maximum atomic E-state index is 4.88. The highest BCUT2D eigenvalue weighted by atomic mass is 32.2. The zero-order valence-electron chi connectivity index (χ0n) is 11.8. The topological polar surface area (TPSA) is 30.7 Å². The minimum absolute atomic E-state index is 0.563. The van der Waals surface area contributed by atoms with E-state index in [0.717, 1.165) is 17.7 Å². The molecule has 0 amide bonds. The van der Waals surface area contributed by atoms with Gasteiger partial charge in [-0.3, -0.25) is 0 Å². The molecule has 0 aliphatic carbocycles. The molecule has 1 fully saturated rings. The molecule has 1 aliphatic heterocycles. The third-order valence-electron chi connectivity index (χ3n) is 4.01. The van der Waals surface area contributed by atoms with Crippen molar-refractivity contribution in [3.8, 4) is 0 Å². The fraction of sp³-hybridized carbons (Fsp3) is 0.294. The van der Waals surface area contributed by atoms with E-state index in [2.05, 4.69) is 45.9 Å². The molecular weight excluding hydrogens is 278 g/mol. The lowest BCUT2D eigenvalue weighted by atomic mass is 10.1. The lowest BCUT2D eigenvalue weighted by Gasteiger charge is -2.12. The monoisotopic (exact) mass is 295 g/mol. The molecule has 1 aliphatic rings. The van der Waals surface area contributed by atoms with Gasteiger partial charge in [0, 0.05) is 17.9 Å². The maximum absolute atomic E-state index is 4.88. The molecule has 0 bridgehead atoms. The summed E-state index contributed by atoms with van der Waals surface area (Å²) < 4.78 is 2.31. The average Bonchev–Trinajstić information content (AvgIpc) is 3.16. The van der Waals surface area contributed by atoms with Crippen LogP contribution in [0.15, 0.2) is 48.7 Å². The van der Waals surface area contributed by atoms with Crippen molar-refractivity contribution in [1.82, 2.24) is 14.5 Å². The molecule has 0 spiro atoms. The Morgan fingerprint density at radius 1 is 1.14 bits per heavy atom. The Kier molecular flexibility index (Phi) is 3.39. The van der Waals surface area contributed by atoms with Gasteiger partial charge in [-0.15, -0.1) is 0 Å². The highest BCUT2D eigenvalue weighted by Gasteiger charge is 2.24. The zero-order chi connectivity index (χ0) is 14.1. The van der Waals surface area contributed by atoms with Crippen molar-refractivity contribution in [1.29, 1.82) is 0 Å². The van der Waals surface area contributed by atoms with Crippen LogP contribution >= 0.6 is 11.8 Å². The first-order valence-corrected chi connectivity index (χ1v) is 8.50. The van der Waals surface area contributed by atoms with Gasteiger partial charge < -0.3 is 4.57 Å². The minimum atomic E-state index is 0.563. The second kappa shape index (κ2) is 5.53. The van der Waals surface area contributed by atoms with E-state index in [1.807, 2.05) is 24.0 Å². The summed E-state index contributed by atoms with van der Waals surface area (Å²) in [7, 11) is 0. The highest BCUT2D eigenvalue weighted by Crippen LogP contribution is 2.33. The van der Waals surface area contributed by atoms with Gasteiger partial charge >= 0.3 is 0 Å². The van der Waals surface area contributed by atoms with Crippen molar-refractivity contribution in [2.75, 3.05) is 11.5 Å². The number of hydrogen-bond donors (Lipinski definition) is 0. The molecule has 1 atom stereocenters. The second-order valence-corrected chi connectivity index (χ2v) is 6.60. The van der Waals surface area contributed by atoms with Gasteiger partial charge in [0.1, 0.15) is 11.3 Å². The molecule has 3 nitrogen and oxygen atoms in total. The summed E-state index contributed by atoms with van der Waals surface area (Å²) in [5.41, 5.74) is 3.32. The fourth-order valence-electron chi connectivity index (χ4n) is 2.95. The largest absolute Gasteiger partial charge is 0.308 e. The predicted molar refractivity (Wildman–Crippen MR) is 87.8 cm³/mol. The van der Waals surface area contributed by atoms with Gasteiger partial charge in [-0.1, -0.05) is 30.3 Å². The number of nitrogens with zero attached hydrogens (tertiary/aromatic N) is 3. The number of pyridine rings is 1. The van der Waals surface area contributed by atoms with Crippen LogP contribution in [0.1, 0.15) is 23.7 Å². The first kappa shape index (κ1) is 12.9. The van der Waals surface area contributed by atoms with Crippen molar-refractivity contribution in [2.45, 2.75) is 18.9 Å². The van der Waals surface area contributed by atoms with Crippen molar-refractivity contribution in [3.63, 3.8) is 0 Å². The molecule has 2 aromatic heterocycles. The quantitative estimate of drug-likeness (QED) is 0.738. The SMILES string of the molecule is c1ccc(Cn2c(C3CCSC3)nc3cccnc32)cc1. The Balaban J connectivity index is 1.82. The van der Waals surface area contributed by atoms with Crippen LogP contribution in [0.25, 0.3) is 11.2 Å². The molecule has 0 N–H and O–H groups in total. The van der Waals surface area contributed by atoms with E-state index in [1.54, 1.807) is 0 Å². The van der Waals surface area contributed by atoms with Crippen LogP contribution in [0.2, 0.25) is 0 Å². The fourth-order valence-corrected chi connectivity index (χ4v) is 4.17. The number of thioether (sulfide) groups is 1. The highest BCUT2D eigenvalue weighted by molar-refractivity contribution is 7.99. The molecule has 1 unspecified atom stereocenters. The summed E-state index contributed by atoms with van der Waals surface area (Å²) in [6.45, 7) is 0.852. The molecule has 4 rings (SSSR count). The van der Waals surface area contributed by atoms with E-state index in [-0.39, 0.29) is 0 Å². The first-order chi connectivity index (χ1) is 10.4. The molecule has 1 saturated heterocycles. The van der Waals surface area contributed by atoms with Crippen LogP contribution in [0, 0.1) is 0 Å². The van der Waals surface area contributed by atoms with E-state index in [9.17, 15) is 0 Å². The van der Waals surface area contributed by atoms with Gasteiger partial charge in [0.2, 0.25) is 0 Å². The Hall–Kier alpha value is -1.81. The summed E-state index contributed by atoms with van der Waals surface area (Å²) in [4.78, 5) is 9.44. The van der Waals surface area contributed by atoms with Crippen molar-refractivity contribution in [3.05, 3.63) is 60.0 Å². The van der Waals surface area contributed by atoms with Gasteiger partial charge in [-0.25, -0.2) is 9.97 Å². The first-order valence-electron chi connectivity index (χ1n) is 7.34. The van der Waals surface area contributed by atoms with E-state index < -0.39 is 0 Å². The summed E-state index contributed by atoms with van der Waals surface area (Å²) in [5, 5.41) is 0. The van der Waals surface area contributed by atoms with Crippen LogP contribution in [-0.4, -0.2) is 26.0 Å². The van der Waals surface area contributed by atoms with Crippen LogP contribution in [-0.2, 0) is 6.54 Å². The van der Waals surface area contributed by atoms with Gasteiger partial charge in [0.25, 0.3) is 0 Å². The van der Waals surface area contributed by atoms with Crippen LogP contribution in [0.4, 0.5) is 0 Å². The van der Waals surface area contributed by atoms with E-state index in [0.29, 0.717) is 5.92 Å². The summed E-state index contributed by atoms with van der Waals surface area (Å²) in [5.74, 6) is 4.19. The normalized spacial score (nSPS) is 18.4. The zero-order valence-corrected chi connectivity index (χ0v) is 12.6. The number of hydrogen-bond acceptors (Lipinski definition) is 3. The molecule has 106 valence electrons. The Morgan fingerprint density at radius 2 is 2.05 bits per heavy atom. The molecule has 3 heterocycles. The summed E-state index contributed by atoms with van der Waals surface area (Å²) in [6, 6.07) is 14.6. The Morgan fingerprint density at radius 3 is 2.86 bits per heavy atom. The Bertz CT molecular complexity index is 745. The third-order valence-corrected chi connectivity index (χ3v) is 5.17. The third kappa shape index (κ3) is 2.44. The van der Waals surface area contributed by atoms with Gasteiger partial charge in [0.05, 0.1) is 6.54 Å². The van der Waals surface area contributed by atoms with Crippen LogP contribution in [0.3, 0.4) is 0 Å². The van der Waals surface area contributed by atoms with Gasteiger partial charge in [0.15, 0.2) is 5.65 Å². The molecule has 21 heavy (non-hydrogen) atoms. The smallest absolute Gasteiger partial charge is 0.160 e. The molecular formula is C17H17N3S. The van der Waals surface area contributed by atoms with Gasteiger partial charge in [-0.05, 0) is 29.9 Å². The minimum Gasteiger partial charge on any atom is -0.308 e. The average molecular weight is 295 g/mol. The Labute approximate surface area is 128 Å². The summed E-state index contributed by atoms with van der Waals surface area (Å²) in [6.07, 6.45) is 3.08. The number of rotatable bonds is 3. The number of fused-ring (bicyclic) bond motifs is 1. The summed E-state index contributed by atoms with van der Waals surface area (Å²) >= 11 is 2.03. The molecule has 0 saturated carbocycles. The maximum Gasteiger partial charge on any atom is 0.160 e. The van der Waals surface area contributed by atoms with Crippen molar-refractivity contribution < 1.29 is 0 Å². The lowest BCUT2D eigenvalue weighted by molar-refractivity contribution is 0.650. The van der Waals surface area contributed by atoms with Gasteiger partial charge in [-0.2, -0.15) is 11.8 Å².